The molecule has 1 aliphatic rings. The molecule has 0 radical (unpaired) electrons. The van der Waals surface area contributed by atoms with Crippen LogP contribution in [0.4, 0.5) is 0 Å². The first-order chi connectivity index (χ1) is 11.5. The van der Waals surface area contributed by atoms with Crippen LogP contribution < -0.4 is 0 Å². The Bertz CT molecular complexity index is 452. The van der Waals surface area contributed by atoms with Gasteiger partial charge in [-0.1, -0.05) is 65.4 Å². The molecule has 1 unspecified atom stereocenters. The number of ether oxygens (including phenoxy) is 2. The molecular formula is C20H33IO3. The van der Waals surface area contributed by atoms with E-state index in [0.717, 1.165) is 12.2 Å². The van der Waals surface area contributed by atoms with E-state index in [-0.39, 0.29) is 18.0 Å². The van der Waals surface area contributed by atoms with Crippen LogP contribution in [0.5, 0.6) is 0 Å². The quantitative estimate of drug-likeness (QED) is 0.211. The largest absolute Gasteiger partial charge is 0.488 e. The molecule has 0 N–H and O–H groups in total. The van der Waals surface area contributed by atoms with Gasteiger partial charge in [0.1, 0.15) is 11.9 Å². The minimum atomic E-state index is -0.252. The number of methoxy groups -OCH3 is 1. The Labute approximate surface area is 161 Å². The van der Waals surface area contributed by atoms with Crippen molar-refractivity contribution in [2.24, 2.45) is 5.92 Å². The number of carbonyl (C=O) groups excluding carboxylic acids is 1. The second-order valence-corrected chi connectivity index (χ2v) is 8.04. The van der Waals surface area contributed by atoms with Crippen molar-refractivity contribution >= 4 is 28.6 Å². The zero-order chi connectivity index (χ0) is 17.9. The standard InChI is InChI=1S/C20H33IO3/c1-5-6-7-8-9-10-11-12-13-17(21)18-14-16(20(22)23-4)19(24-18)15(2)3/h13,15,18H,5-12,14H2,1-4H3/b17-13-. The molecule has 0 saturated carbocycles. The summed E-state index contributed by atoms with van der Waals surface area (Å²) in [4.78, 5) is 11.9. The molecule has 0 amide bonds. The summed E-state index contributed by atoms with van der Waals surface area (Å²) in [5, 5.41) is 0. The van der Waals surface area contributed by atoms with E-state index >= 15 is 0 Å². The Morgan fingerprint density at radius 3 is 2.46 bits per heavy atom. The molecule has 0 aromatic heterocycles. The highest BCUT2D eigenvalue weighted by Crippen LogP contribution is 2.36. The molecule has 0 fully saturated rings. The van der Waals surface area contributed by atoms with Crippen molar-refractivity contribution in [2.75, 3.05) is 7.11 Å². The number of allylic oxidation sites excluding steroid dienone is 2. The average Bonchev–Trinajstić information content (AvgIpc) is 3.02. The van der Waals surface area contributed by atoms with Gasteiger partial charge < -0.3 is 9.47 Å². The zero-order valence-electron chi connectivity index (χ0n) is 15.7. The van der Waals surface area contributed by atoms with Gasteiger partial charge in [-0.2, -0.15) is 0 Å². The lowest BCUT2D eigenvalue weighted by atomic mass is 10.0. The first-order valence-corrected chi connectivity index (χ1v) is 10.4. The molecule has 0 aromatic carbocycles. The molecule has 0 bridgehead atoms. The maximum Gasteiger partial charge on any atom is 0.337 e. The van der Waals surface area contributed by atoms with Crippen LogP contribution in [-0.4, -0.2) is 19.2 Å². The van der Waals surface area contributed by atoms with E-state index in [0.29, 0.717) is 12.0 Å². The van der Waals surface area contributed by atoms with Crippen LogP contribution in [0.3, 0.4) is 0 Å². The lowest BCUT2D eigenvalue weighted by molar-refractivity contribution is -0.136. The van der Waals surface area contributed by atoms with E-state index in [1.54, 1.807) is 0 Å². The molecule has 0 spiro atoms. The van der Waals surface area contributed by atoms with Crippen molar-refractivity contribution in [3.05, 3.63) is 21.0 Å². The maximum absolute atomic E-state index is 11.9. The summed E-state index contributed by atoms with van der Waals surface area (Å²) in [7, 11) is 1.43. The summed E-state index contributed by atoms with van der Waals surface area (Å²) in [6.45, 7) is 6.36. The summed E-state index contributed by atoms with van der Waals surface area (Å²) in [6.07, 6.45) is 13.3. The second-order valence-electron chi connectivity index (χ2n) is 6.80. The molecule has 0 saturated heterocycles. The molecule has 138 valence electrons. The monoisotopic (exact) mass is 448 g/mol. The Morgan fingerprint density at radius 2 is 1.88 bits per heavy atom. The fourth-order valence-corrected chi connectivity index (χ4v) is 3.63. The van der Waals surface area contributed by atoms with Crippen LogP contribution in [0.2, 0.25) is 0 Å². The van der Waals surface area contributed by atoms with Gasteiger partial charge in [0.2, 0.25) is 0 Å². The molecule has 4 heteroatoms. The van der Waals surface area contributed by atoms with Crippen LogP contribution in [0.25, 0.3) is 0 Å². The summed E-state index contributed by atoms with van der Waals surface area (Å²) in [5.74, 6) is 0.749. The fourth-order valence-electron chi connectivity index (χ4n) is 2.97. The summed E-state index contributed by atoms with van der Waals surface area (Å²) in [6, 6.07) is 0. The topological polar surface area (TPSA) is 35.5 Å². The number of carbonyl (C=O) groups is 1. The molecule has 3 nitrogen and oxygen atoms in total. The smallest absolute Gasteiger partial charge is 0.337 e. The van der Waals surface area contributed by atoms with Gasteiger partial charge >= 0.3 is 5.97 Å². The van der Waals surface area contributed by atoms with E-state index in [4.69, 9.17) is 9.47 Å². The molecule has 1 rings (SSSR count). The van der Waals surface area contributed by atoms with E-state index in [9.17, 15) is 4.79 Å². The highest BCUT2D eigenvalue weighted by molar-refractivity contribution is 14.1. The van der Waals surface area contributed by atoms with Gasteiger partial charge in [0.25, 0.3) is 0 Å². The average molecular weight is 448 g/mol. The van der Waals surface area contributed by atoms with Gasteiger partial charge in [-0.05, 0) is 35.4 Å². The van der Waals surface area contributed by atoms with Gasteiger partial charge in [0.05, 0.1) is 12.7 Å². The molecule has 1 atom stereocenters. The van der Waals surface area contributed by atoms with Crippen molar-refractivity contribution in [3.8, 4) is 0 Å². The van der Waals surface area contributed by atoms with Crippen LogP contribution in [-0.2, 0) is 14.3 Å². The first-order valence-electron chi connectivity index (χ1n) is 9.34. The van der Waals surface area contributed by atoms with Crippen LogP contribution in [0, 0.1) is 5.92 Å². The van der Waals surface area contributed by atoms with Crippen molar-refractivity contribution in [1.82, 2.24) is 0 Å². The van der Waals surface area contributed by atoms with Gasteiger partial charge in [-0.15, -0.1) is 0 Å². The molecular weight excluding hydrogens is 415 g/mol. The van der Waals surface area contributed by atoms with E-state index < -0.39 is 0 Å². The van der Waals surface area contributed by atoms with Gasteiger partial charge in [0.15, 0.2) is 0 Å². The SMILES string of the molecule is CCCCCCCCC/C=C(\I)C1CC(C(=O)OC)=C(C(C)C)O1. The molecule has 24 heavy (non-hydrogen) atoms. The lowest BCUT2D eigenvalue weighted by Crippen LogP contribution is -2.08. The second kappa shape index (κ2) is 11.9. The molecule has 1 heterocycles. The Balaban J connectivity index is 2.38. The number of hydrogen-bond donors (Lipinski definition) is 0. The summed E-state index contributed by atoms with van der Waals surface area (Å²) in [5.41, 5.74) is 0.705. The highest BCUT2D eigenvalue weighted by Gasteiger charge is 2.33. The number of unbranched alkanes of at least 4 members (excludes halogenated alkanes) is 7. The molecule has 1 aliphatic heterocycles. The predicted octanol–water partition coefficient (Wildman–Crippen LogP) is 6.32. The lowest BCUT2D eigenvalue weighted by Gasteiger charge is -2.14. The van der Waals surface area contributed by atoms with Crippen molar-refractivity contribution < 1.29 is 14.3 Å². The number of rotatable bonds is 11. The van der Waals surface area contributed by atoms with Gasteiger partial charge in [0, 0.05) is 15.9 Å². The van der Waals surface area contributed by atoms with E-state index in [2.05, 4.69) is 49.4 Å². The Hall–Kier alpha value is -0.520. The van der Waals surface area contributed by atoms with E-state index in [1.165, 1.54) is 55.6 Å². The molecule has 0 aromatic rings. The fraction of sp³-hybridized carbons (Fsp3) is 0.750. The summed E-state index contributed by atoms with van der Waals surface area (Å²) >= 11 is 2.36. The van der Waals surface area contributed by atoms with Crippen LogP contribution in [0.15, 0.2) is 21.0 Å². The Kier molecular flexibility index (Phi) is 10.7. The third-order valence-electron chi connectivity index (χ3n) is 4.37. The highest BCUT2D eigenvalue weighted by atomic mass is 127. The van der Waals surface area contributed by atoms with E-state index in [1.807, 2.05) is 0 Å². The van der Waals surface area contributed by atoms with Gasteiger partial charge in [-0.25, -0.2) is 4.79 Å². The summed E-state index contributed by atoms with van der Waals surface area (Å²) < 4.78 is 12.1. The minimum absolute atomic E-state index is 0.0124. The predicted molar refractivity (Wildman–Crippen MR) is 108 cm³/mol. The van der Waals surface area contributed by atoms with Gasteiger partial charge in [-0.3, -0.25) is 0 Å². The number of esters is 1. The molecule has 0 aliphatic carbocycles. The number of halogens is 1. The third-order valence-corrected chi connectivity index (χ3v) is 5.50. The first kappa shape index (κ1) is 21.5. The van der Waals surface area contributed by atoms with Crippen LogP contribution in [0.1, 0.15) is 78.6 Å². The minimum Gasteiger partial charge on any atom is -0.488 e. The van der Waals surface area contributed by atoms with Crippen molar-refractivity contribution in [3.63, 3.8) is 0 Å². The normalized spacial score (nSPS) is 18.2. The maximum atomic E-state index is 11.9. The van der Waals surface area contributed by atoms with Crippen molar-refractivity contribution in [2.45, 2.75) is 84.7 Å². The Morgan fingerprint density at radius 1 is 1.25 bits per heavy atom. The third kappa shape index (κ3) is 7.16. The zero-order valence-corrected chi connectivity index (χ0v) is 17.9. The number of hydrogen-bond acceptors (Lipinski definition) is 3. The van der Waals surface area contributed by atoms with Crippen LogP contribution >= 0.6 is 22.6 Å². The van der Waals surface area contributed by atoms with Crippen molar-refractivity contribution in [1.29, 1.82) is 0 Å².